The summed E-state index contributed by atoms with van der Waals surface area (Å²) in [6.07, 6.45) is 3.70. The SMILES string of the molecule is Cc1cn([C@H]2CC[C@H](CO[Si](c3ccccc3)(c3ccccc3)C(C)(C)C)[Se]2)c(=O)[nH]c1=O. The van der Waals surface area contributed by atoms with Gasteiger partial charge in [0.2, 0.25) is 0 Å². The zero-order valence-corrected chi connectivity index (χ0v) is 22.4. The molecule has 4 rings (SSSR count). The van der Waals surface area contributed by atoms with Crippen LogP contribution in [-0.2, 0) is 4.43 Å². The number of H-pyrrole nitrogens is 1. The van der Waals surface area contributed by atoms with Gasteiger partial charge in [-0.15, -0.1) is 0 Å². The fourth-order valence-corrected chi connectivity index (χ4v) is 12.7. The zero-order valence-electron chi connectivity index (χ0n) is 19.7. The fraction of sp³-hybridized carbons (Fsp3) is 0.385. The minimum atomic E-state index is -2.55. The first-order chi connectivity index (χ1) is 15.7. The number of hydrogen-bond acceptors (Lipinski definition) is 3. The molecule has 0 radical (unpaired) electrons. The number of aryl methyl sites for hydroxylation is 1. The van der Waals surface area contributed by atoms with Gasteiger partial charge in [-0.25, -0.2) is 0 Å². The Morgan fingerprint density at radius 3 is 2.12 bits per heavy atom. The van der Waals surface area contributed by atoms with Crippen molar-refractivity contribution in [2.75, 3.05) is 6.61 Å². The second-order valence-corrected chi connectivity index (χ2v) is 17.2. The fourth-order valence-electron chi connectivity index (χ4n) is 4.79. The molecule has 1 aromatic heterocycles. The molecule has 174 valence electrons. The van der Waals surface area contributed by atoms with E-state index in [9.17, 15) is 9.59 Å². The topological polar surface area (TPSA) is 64.1 Å². The summed E-state index contributed by atoms with van der Waals surface area (Å²) in [6.45, 7) is 9.33. The van der Waals surface area contributed by atoms with E-state index in [0.29, 0.717) is 17.0 Å². The molecular formula is C26H32N2O3SeSi. The van der Waals surface area contributed by atoms with Gasteiger partial charge in [0.15, 0.2) is 0 Å². The molecule has 3 aromatic rings. The van der Waals surface area contributed by atoms with E-state index in [1.165, 1.54) is 10.4 Å². The van der Waals surface area contributed by atoms with E-state index < -0.39 is 8.32 Å². The van der Waals surface area contributed by atoms with Crippen LogP contribution < -0.4 is 21.6 Å². The summed E-state index contributed by atoms with van der Waals surface area (Å²) in [4.78, 5) is 27.2. The second-order valence-electron chi connectivity index (χ2n) is 9.74. The van der Waals surface area contributed by atoms with Crippen LogP contribution in [0.5, 0.6) is 0 Å². The Morgan fingerprint density at radius 2 is 1.58 bits per heavy atom. The normalized spacial score (nSPS) is 19.0. The maximum absolute atomic E-state index is 12.4. The van der Waals surface area contributed by atoms with Crippen LogP contribution in [0.4, 0.5) is 0 Å². The van der Waals surface area contributed by atoms with Crippen molar-refractivity contribution >= 4 is 33.6 Å². The van der Waals surface area contributed by atoms with Gasteiger partial charge in [0, 0.05) is 0 Å². The number of benzene rings is 2. The van der Waals surface area contributed by atoms with Crippen LogP contribution in [-0.4, -0.2) is 39.4 Å². The average molecular weight is 528 g/mol. The summed E-state index contributed by atoms with van der Waals surface area (Å²) in [5.74, 6) is 0. The molecule has 33 heavy (non-hydrogen) atoms. The Balaban J connectivity index is 1.62. The number of nitrogens with zero attached hydrogens (tertiary/aromatic N) is 1. The van der Waals surface area contributed by atoms with Gasteiger partial charge in [-0.05, 0) is 0 Å². The summed E-state index contributed by atoms with van der Waals surface area (Å²) in [6, 6.07) is 21.4. The summed E-state index contributed by atoms with van der Waals surface area (Å²) in [5.41, 5.74) is -0.0169. The predicted molar refractivity (Wildman–Crippen MR) is 137 cm³/mol. The van der Waals surface area contributed by atoms with E-state index in [1.54, 1.807) is 17.7 Å². The summed E-state index contributed by atoms with van der Waals surface area (Å²) >= 11 is 0.208. The van der Waals surface area contributed by atoms with Crippen molar-refractivity contribution < 1.29 is 4.43 Å². The van der Waals surface area contributed by atoms with Crippen molar-refractivity contribution in [1.82, 2.24) is 9.55 Å². The molecule has 2 atom stereocenters. The zero-order chi connectivity index (χ0) is 23.6. The van der Waals surface area contributed by atoms with Crippen molar-refractivity contribution in [2.45, 2.75) is 55.3 Å². The van der Waals surface area contributed by atoms with E-state index in [1.807, 2.05) is 0 Å². The number of aromatic amines is 1. The van der Waals surface area contributed by atoms with Gasteiger partial charge in [-0.2, -0.15) is 0 Å². The van der Waals surface area contributed by atoms with E-state index in [0.717, 1.165) is 12.8 Å². The van der Waals surface area contributed by atoms with Crippen molar-refractivity contribution in [3.63, 3.8) is 0 Å². The first-order valence-electron chi connectivity index (χ1n) is 11.4. The van der Waals surface area contributed by atoms with Gasteiger partial charge in [-0.3, -0.25) is 0 Å². The summed E-state index contributed by atoms with van der Waals surface area (Å²) < 4.78 is 8.85. The first kappa shape index (κ1) is 24.0. The second kappa shape index (κ2) is 9.59. The third-order valence-electron chi connectivity index (χ3n) is 6.44. The number of nitrogens with one attached hydrogen (secondary N) is 1. The maximum atomic E-state index is 12.4. The molecule has 1 aliphatic rings. The molecule has 1 fully saturated rings. The van der Waals surface area contributed by atoms with E-state index in [-0.39, 0.29) is 36.2 Å². The van der Waals surface area contributed by atoms with Crippen LogP contribution in [0.2, 0.25) is 9.85 Å². The molecule has 1 aliphatic heterocycles. The molecule has 2 heterocycles. The molecule has 0 spiro atoms. The molecule has 0 unspecified atom stereocenters. The van der Waals surface area contributed by atoms with Crippen molar-refractivity contribution in [1.29, 1.82) is 0 Å². The molecular weight excluding hydrogens is 495 g/mol. The third kappa shape index (κ3) is 4.73. The molecule has 0 saturated carbocycles. The van der Waals surface area contributed by atoms with Crippen molar-refractivity contribution in [3.8, 4) is 0 Å². The molecule has 1 N–H and O–H groups in total. The van der Waals surface area contributed by atoms with E-state index in [4.69, 9.17) is 4.43 Å². The van der Waals surface area contributed by atoms with E-state index >= 15 is 0 Å². The first-order valence-corrected chi connectivity index (χ1v) is 15.3. The predicted octanol–water partition coefficient (Wildman–Crippen LogP) is 3.21. The van der Waals surface area contributed by atoms with Gasteiger partial charge < -0.3 is 0 Å². The van der Waals surface area contributed by atoms with Gasteiger partial charge in [0.05, 0.1) is 0 Å². The number of rotatable bonds is 6. The summed E-state index contributed by atoms with van der Waals surface area (Å²) in [5, 5.41) is 2.53. The standard InChI is InChI=1S/C26H32N2O3SeSi/c1-19-17-28(25(30)27-24(19)29)23-16-15-20(32-23)18-31-33(26(2,3)4,21-11-7-5-8-12-21)22-13-9-6-10-14-22/h5-14,17,20,23H,15-16,18H2,1-4H3,(H,27,29,30)/t20-,23-/m1/s1. The Labute approximate surface area is 202 Å². The minimum absolute atomic E-state index is 0.0479. The van der Waals surface area contributed by atoms with Crippen LogP contribution in [0.25, 0.3) is 0 Å². The molecule has 2 aromatic carbocycles. The average Bonchev–Trinajstić information content (AvgIpc) is 3.26. The molecule has 7 heteroatoms. The molecule has 0 bridgehead atoms. The van der Waals surface area contributed by atoms with Crippen molar-refractivity contribution in [2.24, 2.45) is 0 Å². The Morgan fingerprint density at radius 1 is 1.00 bits per heavy atom. The van der Waals surface area contributed by atoms with Crippen molar-refractivity contribution in [3.05, 3.63) is 93.3 Å². The number of aromatic nitrogens is 2. The van der Waals surface area contributed by atoms with Gasteiger partial charge in [0.1, 0.15) is 0 Å². The molecule has 5 nitrogen and oxygen atoms in total. The van der Waals surface area contributed by atoms with Crippen LogP contribution in [0.1, 0.15) is 44.1 Å². The molecule has 1 saturated heterocycles. The summed E-state index contributed by atoms with van der Waals surface area (Å²) in [7, 11) is -2.55. The van der Waals surface area contributed by atoms with Crippen LogP contribution in [0, 0.1) is 6.92 Å². The van der Waals surface area contributed by atoms with Gasteiger partial charge >= 0.3 is 203 Å². The van der Waals surface area contributed by atoms with Crippen LogP contribution in [0.3, 0.4) is 0 Å². The van der Waals surface area contributed by atoms with Crippen LogP contribution >= 0.6 is 0 Å². The number of hydrogen-bond donors (Lipinski definition) is 1. The Bertz CT molecular complexity index is 1160. The molecule has 0 amide bonds. The van der Waals surface area contributed by atoms with Gasteiger partial charge in [-0.1, -0.05) is 0 Å². The monoisotopic (exact) mass is 528 g/mol. The molecule has 0 aliphatic carbocycles. The third-order valence-corrected chi connectivity index (χ3v) is 14.7. The van der Waals surface area contributed by atoms with Gasteiger partial charge in [0.25, 0.3) is 0 Å². The van der Waals surface area contributed by atoms with Crippen LogP contribution in [0.15, 0.2) is 76.4 Å². The van der Waals surface area contributed by atoms with E-state index in [2.05, 4.69) is 86.4 Å². The Kier molecular flexibility index (Phi) is 6.96. The Hall–Kier alpha value is -2.18. The quantitative estimate of drug-likeness (QED) is 0.501.